The van der Waals surface area contributed by atoms with Gasteiger partial charge in [-0.25, -0.2) is 0 Å². The SMILES string of the molecule is C=CCOc1ccc(CNC23CC4C[C@@](C)(C2)C[C@](C)(C4)C3)cc1OC. The zero-order chi connectivity index (χ0) is 18.4. The van der Waals surface area contributed by atoms with Crippen LogP contribution < -0.4 is 14.8 Å². The van der Waals surface area contributed by atoms with Crippen molar-refractivity contribution < 1.29 is 9.47 Å². The molecule has 5 rings (SSSR count). The van der Waals surface area contributed by atoms with E-state index in [-0.39, 0.29) is 0 Å². The van der Waals surface area contributed by atoms with E-state index in [1.807, 2.05) is 6.07 Å². The molecular weight excluding hydrogens is 322 g/mol. The van der Waals surface area contributed by atoms with Crippen molar-refractivity contribution >= 4 is 0 Å². The summed E-state index contributed by atoms with van der Waals surface area (Å²) in [6.07, 6.45) is 10.1. The fourth-order valence-electron chi connectivity index (χ4n) is 7.02. The predicted molar refractivity (Wildman–Crippen MR) is 106 cm³/mol. The second-order valence-electron chi connectivity index (χ2n) is 9.85. The van der Waals surface area contributed by atoms with Gasteiger partial charge in [-0.1, -0.05) is 32.6 Å². The molecule has 4 saturated carbocycles. The Morgan fingerprint density at radius 2 is 1.85 bits per heavy atom. The van der Waals surface area contributed by atoms with Gasteiger partial charge >= 0.3 is 0 Å². The van der Waals surface area contributed by atoms with E-state index in [0.29, 0.717) is 23.0 Å². The quantitative estimate of drug-likeness (QED) is 0.690. The minimum Gasteiger partial charge on any atom is -0.493 e. The van der Waals surface area contributed by atoms with Crippen molar-refractivity contribution in [2.24, 2.45) is 16.7 Å². The smallest absolute Gasteiger partial charge is 0.161 e. The van der Waals surface area contributed by atoms with E-state index in [9.17, 15) is 0 Å². The molecule has 26 heavy (non-hydrogen) atoms. The molecule has 0 aromatic heterocycles. The molecule has 142 valence electrons. The monoisotopic (exact) mass is 355 g/mol. The van der Waals surface area contributed by atoms with Crippen LogP contribution in [0.25, 0.3) is 0 Å². The van der Waals surface area contributed by atoms with E-state index < -0.39 is 0 Å². The largest absolute Gasteiger partial charge is 0.493 e. The fraction of sp³-hybridized carbons (Fsp3) is 0.652. The topological polar surface area (TPSA) is 30.5 Å². The lowest BCUT2D eigenvalue weighted by atomic mass is 9.43. The Bertz CT molecular complexity index is 679. The Kier molecular flexibility index (Phi) is 4.34. The molecular formula is C23H33NO2. The molecule has 4 fully saturated rings. The first kappa shape index (κ1) is 17.9. The maximum Gasteiger partial charge on any atom is 0.161 e. The van der Waals surface area contributed by atoms with Gasteiger partial charge in [0.25, 0.3) is 0 Å². The molecule has 1 aromatic rings. The summed E-state index contributed by atoms with van der Waals surface area (Å²) in [6, 6.07) is 6.27. The van der Waals surface area contributed by atoms with Crippen LogP contribution in [0, 0.1) is 16.7 Å². The molecule has 1 N–H and O–H groups in total. The van der Waals surface area contributed by atoms with E-state index in [0.717, 1.165) is 24.0 Å². The van der Waals surface area contributed by atoms with Crippen molar-refractivity contribution in [3.63, 3.8) is 0 Å². The van der Waals surface area contributed by atoms with Gasteiger partial charge in [-0.2, -0.15) is 0 Å². The Balaban J connectivity index is 1.48. The van der Waals surface area contributed by atoms with Crippen LogP contribution in [0.4, 0.5) is 0 Å². The van der Waals surface area contributed by atoms with Gasteiger partial charge in [0.2, 0.25) is 0 Å². The number of methoxy groups -OCH3 is 1. The standard InChI is InChI=1S/C23H33NO2/c1-5-8-26-19-7-6-17(9-20(19)25-4)13-24-23-12-18-10-21(2,15-23)14-22(3,11-18)16-23/h5-7,9,18,24H,1,8,10-16H2,2-4H3/t18?,21-,22+,23?. The van der Waals surface area contributed by atoms with Gasteiger partial charge in [0.15, 0.2) is 11.5 Å². The summed E-state index contributed by atoms with van der Waals surface area (Å²) in [6.45, 7) is 10.2. The molecule has 4 bridgehead atoms. The highest BCUT2D eigenvalue weighted by molar-refractivity contribution is 5.43. The third kappa shape index (κ3) is 3.26. The second kappa shape index (κ2) is 6.30. The number of ether oxygens (including phenoxy) is 2. The first-order valence-electron chi connectivity index (χ1n) is 10.0. The predicted octanol–water partition coefficient (Wildman–Crippen LogP) is 5.10. The van der Waals surface area contributed by atoms with Gasteiger partial charge < -0.3 is 14.8 Å². The lowest BCUT2D eigenvalue weighted by Gasteiger charge is -2.65. The molecule has 0 spiro atoms. The summed E-state index contributed by atoms with van der Waals surface area (Å²) in [5.74, 6) is 2.50. The lowest BCUT2D eigenvalue weighted by Crippen LogP contribution is -2.63. The summed E-state index contributed by atoms with van der Waals surface area (Å²) in [5.41, 5.74) is 2.68. The Labute approximate surface area is 158 Å². The van der Waals surface area contributed by atoms with E-state index in [1.165, 1.54) is 44.1 Å². The Morgan fingerprint density at radius 1 is 1.12 bits per heavy atom. The van der Waals surface area contributed by atoms with Crippen molar-refractivity contribution in [2.75, 3.05) is 13.7 Å². The van der Waals surface area contributed by atoms with Gasteiger partial charge in [0.05, 0.1) is 7.11 Å². The second-order valence-corrected chi connectivity index (χ2v) is 9.85. The molecule has 3 nitrogen and oxygen atoms in total. The van der Waals surface area contributed by atoms with Crippen molar-refractivity contribution in [1.82, 2.24) is 5.32 Å². The molecule has 4 aliphatic rings. The van der Waals surface area contributed by atoms with E-state index >= 15 is 0 Å². The highest BCUT2D eigenvalue weighted by Crippen LogP contribution is 2.66. The molecule has 0 saturated heterocycles. The molecule has 4 atom stereocenters. The molecule has 0 amide bonds. The zero-order valence-corrected chi connectivity index (χ0v) is 16.6. The minimum absolute atomic E-state index is 0.328. The average Bonchev–Trinajstić information content (AvgIpc) is 2.55. The number of rotatable bonds is 7. The number of hydrogen-bond acceptors (Lipinski definition) is 3. The van der Waals surface area contributed by atoms with Gasteiger partial charge in [0, 0.05) is 12.1 Å². The van der Waals surface area contributed by atoms with Crippen LogP contribution in [0.5, 0.6) is 11.5 Å². The lowest BCUT2D eigenvalue weighted by molar-refractivity contribution is -0.118. The minimum atomic E-state index is 0.328. The molecule has 0 aliphatic heterocycles. The van der Waals surface area contributed by atoms with Crippen molar-refractivity contribution in [3.05, 3.63) is 36.4 Å². The molecule has 1 aromatic carbocycles. The molecule has 3 heteroatoms. The first-order chi connectivity index (χ1) is 12.4. The van der Waals surface area contributed by atoms with Crippen LogP contribution in [-0.2, 0) is 6.54 Å². The van der Waals surface area contributed by atoms with E-state index in [2.05, 4.69) is 37.9 Å². The highest BCUT2D eigenvalue weighted by atomic mass is 16.5. The average molecular weight is 356 g/mol. The number of benzene rings is 1. The van der Waals surface area contributed by atoms with Crippen molar-refractivity contribution in [3.8, 4) is 11.5 Å². The molecule has 0 heterocycles. The first-order valence-corrected chi connectivity index (χ1v) is 10.0. The summed E-state index contributed by atoms with van der Waals surface area (Å²) in [4.78, 5) is 0. The maximum atomic E-state index is 5.67. The van der Waals surface area contributed by atoms with Crippen molar-refractivity contribution in [2.45, 2.75) is 64.5 Å². The fourth-order valence-corrected chi connectivity index (χ4v) is 7.02. The van der Waals surface area contributed by atoms with Crippen LogP contribution in [0.15, 0.2) is 30.9 Å². The van der Waals surface area contributed by atoms with Crippen LogP contribution in [0.2, 0.25) is 0 Å². The van der Waals surface area contributed by atoms with Crippen LogP contribution in [0.1, 0.15) is 57.9 Å². The van der Waals surface area contributed by atoms with Crippen LogP contribution >= 0.6 is 0 Å². The maximum absolute atomic E-state index is 5.67. The summed E-state index contributed by atoms with van der Waals surface area (Å²) in [7, 11) is 1.70. The van der Waals surface area contributed by atoms with Gasteiger partial charge in [0.1, 0.15) is 6.61 Å². The van der Waals surface area contributed by atoms with Gasteiger partial charge in [-0.05, 0) is 73.0 Å². The normalized spacial score (nSPS) is 37.6. The third-order valence-corrected chi connectivity index (χ3v) is 6.88. The summed E-state index contributed by atoms with van der Waals surface area (Å²) < 4.78 is 11.2. The van der Waals surface area contributed by atoms with Crippen LogP contribution in [-0.4, -0.2) is 19.3 Å². The zero-order valence-electron chi connectivity index (χ0n) is 16.6. The number of hydrogen-bond donors (Lipinski definition) is 1. The van der Waals surface area contributed by atoms with Crippen molar-refractivity contribution in [1.29, 1.82) is 0 Å². The Morgan fingerprint density at radius 3 is 2.46 bits per heavy atom. The highest BCUT2D eigenvalue weighted by Gasteiger charge is 2.59. The van der Waals surface area contributed by atoms with Crippen LogP contribution in [0.3, 0.4) is 0 Å². The summed E-state index contributed by atoms with van der Waals surface area (Å²) in [5, 5.41) is 4.00. The van der Waals surface area contributed by atoms with E-state index in [1.54, 1.807) is 13.2 Å². The van der Waals surface area contributed by atoms with E-state index in [4.69, 9.17) is 9.47 Å². The van der Waals surface area contributed by atoms with Gasteiger partial charge in [-0.3, -0.25) is 0 Å². The third-order valence-electron chi connectivity index (χ3n) is 6.88. The molecule has 4 aliphatic carbocycles. The number of nitrogens with one attached hydrogen (secondary N) is 1. The van der Waals surface area contributed by atoms with Gasteiger partial charge in [-0.15, -0.1) is 0 Å². The molecule has 2 unspecified atom stereocenters. The Hall–Kier alpha value is -1.48. The summed E-state index contributed by atoms with van der Waals surface area (Å²) >= 11 is 0. The molecule has 0 radical (unpaired) electrons.